The second-order valence-electron chi connectivity index (χ2n) is 5.28. The molecular weight excluding hydrogens is 284 g/mol. The molecule has 0 fully saturated rings. The van der Waals surface area contributed by atoms with E-state index in [0.717, 1.165) is 36.8 Å². The Balaban J connectivity index is 2.82. The summed E-state index contributed by atoms with van der Waals surface area (Å²) in [5, 5.41) is 3.05. The second kappa shape index (κ2) is 9.18. The minimum Gasteiger partial charge on any atom is -0.316 e. The van der Waals surface area contributed by atoms with Crippen molar-refractivity contribution in [3.63, 3.8) is 0 Å². The van der Waals surface area contributed by atoms with Crippen molar-refractivity contribution in [1.29, 1.82) is 0 Å². The third-order valence-corrected chi connectivity index (χ3v) is 5.05. The van der Waals surface area contributed by atoms with Crippen LogP contribution in [0.4, 0.5) is 0 Å². The van der Waals surface area contributed by atoms with Gasteiger partial charge in [-0.15, -0.1) is 0 Å². The first kappa shape index (κ1) is 18.1. The molecule has 0 spiro atoms. The molecular formula is C16H28N2O2S. The van der Waals surface area contributed by atoms with E-state index >= 15 is 0 Å². The highest BCUT2D eigenvalue weighted by Crippen LogP contribution is 2.18. The maximum atomic E-state index is 12.5. The van der Waals surface area contributed by atoms with E-state index in [0.29, 0.717) is 24.4 Å². The fourth-order valence-corrected chi connectivity index (χ4v) is 3.72. The molecule has 4 nitrogen and oxygen atoms in total. The molecule has 0 aliphatic rings. The summed E-state index contributed by atoms with van der Waals surface area (Å²) in [7, 11) is -1.55. The first-order chi connectivity index (χ1) is 10.0. The van der Waals surface area contributed by atoms with Crippen LogP contribution in [-0.4, -0.2) is 22.0 Å². The van der Waals surface area contributed by atoms with Gasteiger partial charge < -0.3 is 5.32 Å². The molecule has 21 heavy (non-hydrogen) atoms. The highest BCUT2D eigenvalue weighted by atomic mass is 32.2. The lowest BCUT2D eigenvalue weighted by molar-refractivity contribution is 0.572. The predicted octanol–water partition coefficient (Wildman–Crippen LogP) is 2.83. The molecule has 1 rings (SSSR count). The molecule has 0 radical (unpaired) electrons. The highest BCUT2D eigenvalue weighted by molar-refractivity contribution is 7.89. The van der Waals surface area contributed by atoms with E-state index in [1.165, 1.54) is 0 Å². The average molecular weight is 312 g/mol. The molecule has 0 saturated heterocycles. The van der Waals surface area contributed by atoms with E-state index in [9.17, 15) is 8.42 Å². The zero-order chi connectivity index (χ0) is 15.7. The molecule has 0 aromatic heterocycles. The molecule has 120 valence electrons. The lowest BCUT2D eigenvalue weighted by Gasteiger charge is -2.12. The average Bonchev–Trinajstić information content (AvgIpc) is 2.47. The summed E-state index contributed by atoms with van der Waals surface area (Å²) in [5.41, 5.74) is 1.86. The van der Waals surface area contributed by atoms with Gasteiger partial charge in [0.1, 0.15) is 0 Å². The number of rotatable bonds is 10. The lowest BCUT2D eigenvalue weighted by atomic mass is 10.1. The molecule has 0 aliphatic carbocycles. The van der Waals surface area contributed by atoms with Gasteiger partial charge in [-0.2, -0.15) is 0 Å². The zero-order valence-corrected chi connectivity index (χ0v) is 14.2. The number of aryl methyl sites for hydroxylation is 1. The maximum Gasteiger partial charge on any atom is 0.240 e. The van der Waals surface area contributed by atoms with Crippen molar-refractivity contribution in [2.45, 2.75) is 57.4 Å². The third kappa shape index (κ3) is 5.77. The molecule has 0 aliphatic heterocycles. The number of hydrogen-bond donors (Lipinski definition) is 2. The van der Waals surface area contributed by atoms with Gasteiger partial charge in [0.05, 0.1) is 4.90 Å². The summed E-state index contributed by atoms with van der Waals surface area (Å²) in [6.45, 7) is 5.31. The summed E-state index contributed by atoms with van der Waals surface area (Å²) >= 11 is 0. The van der Waals surface area contributed by atoms with Crippen molar-refractivity contribution in [1.82, 2.24) is 10.0 Å². The number of unbranched alkanes of at least 4 members (excludes halogenated alkanes) is 3. The lowest BCUT2D eigenvalue weighted by Crippen LogP contribution is -2.26. The first-order valence-electron chi connectivity index (χ1n) is 7.81. The number of hydrogen-bond acceptors (Lipinski definition) is 3. The van der Waals surface area contributed by atoms with Crippen LogP contribution in [0.25, 0.3) is 0 Å². The summed E-state index contributed by atoms with van der Waals surface area (Å²) in [5.74, 6) is 0. The summed E-state index contributed by atoms with van der Waals surface area (Å²) in [4.78, 5) is 0.424. The Labute approximate surface area is 129 Å². The van der Waals surface area contributed by atoms with Crippen LogP contribution in [-0.2, 0) is 23.0 Å². The van der Waals surface area contributed by atoms with Crippen LogP contribution in [0.2, 0.25) is 0 Å². The van der Waals surface area contributed by atoms with Crippen molar-refractivity contribution < 1.29 is 8.42 Å². The van der Waals surface area contributed by atoms with Crippen molar-refractivity contribution >= 4 is 10.0 Å². The minimum atomic E-state index is -3.41. The molecule has 1 aromatic carbocycles. The molecule has 5 heteroatoms. The van der Waals surface area contributed by atoms with Crippen molar-refractivity contribution in [3.8, 4) is 0 Å². The molecule has 0 amide bonds. The Morgan fingerprint density at radius 2 is 1.86 bits per heavy atom. The van der Waals surface area contributed by atoms with Crippen LogP contribution < -0.4 is 10.0 Å². The fourth-order valence-electron chi connectivity index (χ4n) is 2.29. The molecule has 0 unspecified atom stereocenters. The quantitative estimate of drug-likeness (QED) is 0.653. The van der Waals surface area contributed by atoms with Gasteiger partial charge in [0.2, 0.25) is 10.0 Å². The van der Waals surface area contributed by atoms with Crippen LogP contribution in [0.5, 0.6) is 0 Å². The summed E-state index contributed by atoms with van der Waals surface area (Å²) in [6.07, 6.45) is 4.98. The standard InChI is InChI=1S/C16H28N2O2S/c1-4-6-7-8-11-18-21(19,20)16-12-14(13-17-3)9-10-15(16)5-2/h9-10,12,17-18H,4-8,11,13H2,1-3H3. The van der Waals surface area contributed by atoms with Gasteiger partial charge in [-0.05, 0) is 37.1 Å². The van der Waals surface area contributed by atoms with E-state index in [1.807, 2.05) is 26.1 Å². The first-order valence-corrected chi connectivity index (χ1v) is 9.29. The minimum absolute atomic E-state index is 0.424. The largest absolute Gasteiger partial charge is 0.316 e. The smallest absolute Gasteiger partial charge is 0.240 e. The van der Waals surface area contributed by atoms with Crippen LogP contribution in [0, 0.1) is 0 Å². The number of benzene rings is 1. The maximum absolute atomic E-state index is 12.5. The zero-order valence-electron chi connectivity index (χ0n) is 13.4. The Morgan fingerprint density at radius 3 is 2.48 bits per heavy atom. The SMILES string of the molecule is CCCCCCNS(=O)(=O)c1cc(CNC)ccc1CC. The van der Waals surface area contributed by atoms with E-state index < -0.39 is 10.0 Å². The van der Waals surface area contributed by atoms with E-state index in [-0.39, 0.29) is 0 Å². The van der Waals surface area contributed by atoms with Gasteiger partial charge in [-0.3, -0.25) is 0 Å². The topological polar surface area (TPSA) is 58.2 Å². The van der Waals surface area contributed by atoms with Gasteiger partial charge in [0.15, 0.2) is 0 Å². The van der Waals surface area contributed by atoms with Gasteiger partial charge in [-0.25, -0.2) is 13.1 Å². The van der Waals surface area contributed by atoms with Crippen molar-refractivity contribution in [2.75, 3.05) is 13.6 Å². The Hall–Kier alpha value is -0.910. The Morgan fingerprint density at radius 1 is 1.10 bits per heavy atom. The van der Waals surface area contributed by atoms with E-state index in [1.54, 1.807) is 6.07 Å². The monoisotopic (exact) mass is 312 g/mol. The highest BCUT2D eigenvalue weighted by Gasteiger charge is 2.17. The summed E-state index contributed by atoms with van der Waals surface area (Å²) < 4.78 is 27.7. The molecule has 0 heterocycles. The Bertz CT molecular complexity index is 527. The van der Waals surface area contributed by atoms with Crippen LogP contribution in [0.3, 0.4) is 0 Å². The van der Waals surface area contributed by atoms with Gasteiger partial charge in [0.25, 0.3) is 0 Å². The van der Waals surface area contributed by atoms with Crippen LogP contribution in [0.1, 0.15) is 50.7 Å². The van der Waals surface area contributed by atoms with Crippen molar-refractivity contribution in [3.05, 3.63) is 29.3 Å². The Kier molecular flexibility index (Phi) is 7.93. The van der Waals surface area contributed by atoms with Crippen LogP contribution in [0.15, 0.2) is 23.1 Å². The van der Waals surface area contributed by atoms with E-state index in [4.69, 9.17) is 0 Å². The number of nitrogens with one attached hydrogen (secondary N) is 2. The van der Waals surface area contributed by atoms with Gasteiger partial charge in [-0.1, -0.05) is 45.2 Å². The second-order valence-corrected chi connectivity index (χ2v) is 7.02. The third-order valence-electron chi connectivity index (χ3n) is 3.51. The summed E-state index contributed by atoms with van der Waals surface area (Å²) in [6, 6.07) is 5.68. The fraction of sp³-hybridized carbons (Fsp3) is 0.625. The molecule has 0 saturated carbocycles. The van der Waals surface area contributed by atoms with Crippen molar-refractivity contribution in [2.24, 2.45) is 0 Å². The van der Waals surface area contributed by atoms with Crippen LogP contribution >= 0.6 is 0 Å². The molecule has 0 bridgehead atoms. The molecule has 1 aromatic rings. The van der Waals surface area contributed by atoms with Gasteiger partial charge >= 0.3 is 0 Å². The van der Waals surface area contributed by atoms with Gasteiger partial charge in [0, 0.05) is 13.1 Å². The molecule has 2 N–H and O–H groups in total. The van der Waals surface area contributed by atoms with E-state index in [2.05, 4.69) is 17.0 Å². The predicted molar refractivity (Wildman–Crippen MR) is 87.9 cm³/mol. The normalized spacial score (nSPS) is 11.8. The molecule has 0 atom stereocenters. The number of sulfonamides is 1.